The molecule has 0 aromatic rings. The second-order valence-electron chi connectivity index (χ2n) is 4.97. The zero-order valence-corrected chi connectivity index (χ0v) is 11.3. The van der Waals surface area contributed by atoms with E-state index in [4.69, 9.17) is 4.74 Å². The van der Waals surface area contributed by atoms with Crippen molar-refractivity contribution in [3.05, 3.63) is 0 Å². The second kappa shape index (κ2) is 5.48. The number of esters is 1. The summed E-state index contributed by atoms with van der Waals surface area (Å²) in [5, 5.41) is 2.29. The van der Waals surface area contributed by atoms with Crippen LogP contribution in [0, 0.1) is 5.92 Å². The quantitative estimate of drug-likeness (QED) is 0.562. The Morgan fingerprint density at radius 1 is 1.50 bits per heavy atom. The van der Waals surface area contributed by atoms with Gasteiger partial charge in [-0.2, -0.15) is 0 Å². The highest BCUT2D eigenvalue weighted by atomic mass is 16.5. The maximum absolute atomic E-state index is 11.7. The van der Waals surface area contributed by atoms with E-state index in [1.54, 1.807) is 32.6 Å². The van der Waals surface area contributed by atoms with Crippen molar-refractivity contribution in [1.82, 2.24) is 10.2 Å². The van der Waals surface area contributed by atoms with Crippen molar-refractivity contribution < 1.29 is 19.1 Å². The summed E-state index contributed by atoms with van der Waals surface area (Å²) in [7, 11) is 0. The molecular formula is C12H20N2O4. The number of nitrogens with one attached hydrogen (secondary N) is 1. The fraction of sp³-hybridized carbons (Fsp3) is 0.750. The highest BCUT2D eigenvalue weighted by Gasteiger charge is 2.41. The summed E-state index contributed by atoms with van der Waals surface area (Å²) in [4.78, 5) is 36.3. The van der Waals surface area contributed by atoms with Crippen LogP contribution in [0.25, 0.3) is 0 Å². The van der Waals surface area contributed by atoms with Crippen LogP contribution in [0.1, 0.15) is 27.7 Å². The smallest absolute Gasteiger partial charge is 0.309 e. The van der Waals surface area contributed by atoms with E-state index in [-0.39, 0.29) is 30.2 Å². The summed E-state index contributed by atoms with van der Waals surface area (Å²) in [5.41, 5.74) is -0.797. The van der Waals surface area contributed by atoms with Gasteiger partial charge in [0.1, 0.15) is 0 Å². The summed E-state index contributed by atoms with van der Waals surface area (Å²) in [6.45, 7) is 7.69. The van der Waals surface area contributed by atoms with Crippen molar-refractivity contribution in [2.45, 2.75) is 33.2 Å². The van der Waals surface area contributed by atoms with Crippen LogP contribution in [-0.4, -0.2) is 47.9 Å². The van der Waals surface area contributed by atoms with Gasteiger partial charge in [-0.05, 0) is 20.8 Å². The SMILES string of the molecule is CCOC(=O)C(C)CN1CC(=O)NC(=O)C1(C)C. The summed E-state index contributed by atoms with van der Waals surface area (Å²) < 4.78 is 4.92. The molecule has 1 N–H and O–H groups in total. The van der Waals surface area contributed by atoms with Crippen LogP contribution in [0.2, 0.25) is 0 Å². The predicted molar refractivity (Wildman–Crippen MR) is 64.6 cm³/mol. The molecule has 6 nitrogen and oxygen atoms in total. The Morgan fingerprint density at radius 2 is 2.11 bits per heavy atom. The van der Waals surface area contributed by atoms with Gasteiger partial charge in [0.25, 0.3) is 0 Å². The van der Waals surface area contributed by atoms with E-state index in [9.17, 15) is 14.4 Å². The maximum atomic E-state index is 11.7. The number of nitrogens with zero attached hydrogens (tertiary/aromatic N) is 1. The van der Waals surface area contributed by atoms with Crippen LogP contribution >= 0.6 is 0 Å². The number of hydrogen-bond acceptors (Lipinski definition) is 5. The normalized spacial score (nSPS) is 21.3. The van der Waals surface area contributed by atoms with Gasteiger partial charge in [0.05, 0.1) is 24.6 Å². The number of rotatable bonds is 4. The fourth-order valence-corrected chi connectivity index (χ4v) is 1.82. The van der Waals surface area contributed by atoms with Crippen LogP contribution in [-0.2, 0) is 19.1 Å². The average Bonchev–Trinajstić information content (AvgIpc) is 2.26. The number of piperazine rings is 1. The fourth-order valence-electron chi connectivity index (χ4n) is 1.82. The first-order valence-corrected chi connectivity index (χ1v) is 6.05. The average molecular weight is 256 g/mol. The van der Waals surface area contributed by atoms with Gasteiger partial charge in [-0.3, -0.25) is 24.6 Å². The Bertz CT molecular complexity index is 365. The van der Waals surface area contributed by atoms with E-state index in [1.165, 1.54) is 0 Å². The van der Waals surface area contributed by atoms with E-state index in [0.717, 1.165) is 0 Å². The number of amides is 2. The molecule has 0 radical (unpaired) electrons. The lowest BCUT2D eigenvalue weighted by Gasteiger charge is -2.40. The summed E-state index contributed by atoms with van der Waals surface area (Å²) in [5.74, 6) is -1.36. The molecule has 1 heterocycles. The number of hydrogen-bond donors (Lipinski definition) is 1. The van der Waals surface area contributed by atoms with Crippen molar-refractivity contribution in [1.29, 1.82) is 0 Å². The minimum absolute atomic E-state index is 0.114. The Kier molecular flexibility index (Phi) is 4.45. The third-order valence-corrected chi connectivity index (χ3v) is 3.12. The summed E-state index contributed by atoms with van der Waals surface area (Å²) in [6, 6.07) is 0. The molecule has 1 aliphatic rings. The largest absolute Gasteiger partial charge is 0.466 e. The van der Waals surface area contributed by atoms with Crippen LogP contribution in [0.5, 0.6) is 0 Å². The van der Waals surface area contributed by atoms with Gasteiger partial charge in [0.2, 0.25) is 11.8 Å². The molecule has 102 valence electrons. The van der Waals surface area contributed by atoms with Crippen LogP contribution in [0.15, 0.2) is 0 Å². The third-order valence-electron chi connectivity index (χ3n) is 3.12. The van der Waals surface area contributed by atoms with Crippen molar-refractivity contribution in [3.8, 4) is 0 Å². The number of carbonyl (C=O) groups is 3. The first-order valence-electron chi connectivity index (χ1n) is 6.05. The molecule has 1 fully saturated rings. The Labute approximate surface area is 107 Å². The first-order chi connectivity index (χ1) is 8.28. The molecule has 1 unspecified atom stereocenters. The molecule has 0 aliphatic carbocycles. The molecule has 18 heavy (non-hydrogen) atoms. The van der Waals surface area contributed by atoms with E-state index in [1.807, 2.05) is 0 Å². The molecule has 0 aromatic heterocycles. The van der Waals surface area contributed by atoms with Crippen molar-refractivity contribution in [2.75, 3.05) is 19.7 Å². The molecular weight excluding hydrogens is 236 g/mol. The Hall–Kier alpha value is -1.43. The van der Waals surface area contributed by atoms with Gasteiger partial charge in [-0.15, -0.1) is 0 Å². The Balaban J connectivity index is 2.72. The predicted octanol–water partition coefficient (Wildman–Crippen LogP) is -0.0774. The summed E-state index contributed by atoms with van der Waals surface area (Å²) in [6.07, 6.45) is 0. The molecule has 0 saturated carbocycles. The highest BCUT2D eigenvalue weighted by molar-refractivity contribution is 6.02. The highest BCUT2D eigenvalue weighted by Crippen LogP contribution is 2.19. The Morgan fingerprint density at radius 3 is 2.67 bits per heavy atom. The zero-order valence-electron chi connectivity index (χ0n) is 11.3. The van der Waals surface area contributed by atoms with Crippen LogP contribution in [0.3, 0.4) is 0 Å². The van der Waals surface area contributed by atoms with Gasteiger partial charge in [0, 0.05) is 6.54 Å². The number of carbonyl (C=O) groups excluding carboxylic acids is 3. The molecule has 1 aliphatic heterocycles. The maximum Gasteiger partial charge on any atom is 0.309 e. The van der Waals surface area contributed by atoms with Gasteiger partial charge >= 0.3 is 5.97 Å². The molecule has 0 spiro atoms. The lowest BCUT2D eigenvalue weighted by molar-refractivity contribution is -0.153. The second-order valence-corrected chi connectivity index (χ2v) is 4.97. The lowest BCUT2D eigenvalue weighted by atomic mass is 9.97. The molecule has 0 bridgehead atoms. The van der Waals surface area contributed by atoms with E-state index < -0.39 is 5.54 Å². The number of imide groups is 1. The van der Waals surface area contributed by atoms with Gasteiger partial charge in [0.15, 0.2) is 0 Å². The molecule has 0 aromatic carbocycles. The standard InChI is InChI=1S/C12H20N2O4/c1-5-18-10(16)8(2)6-14-7-9(15)13-11(17)12(14,3)4/h8H,5-7H2,1-4H3,(H,13,15,17). The van der Waals surface area contributed by atoms with E-state index in [2.05, 4.69) is 5.32 Å². The number of ether oxygens (including phenoxy) is 1. The van der Waals surface area contributed by atoms with Gasteiger partial charge in [-0.1, -0.05) is 6.92 Å². The molecule has 1 atom stereocenters. The monoisotopic (exact) mass is 256 g/mol. The van der Waals surface area contributed by atoms with Crippen LogP contribution < -0.4 is 5.32 Å². The third kappa shape index (κ3) is 3.07. The molecule has 2 amide bonds. The van der Waals surface area contributed by atoms with Crippen molar-refractivity contribution in [2.24, 2.45) is 5.92 Å². The zero-order chi connectivity index (χ0) is 13.9. The van der Waals surface area contributed by atoms with E-state index >= 15 is 0 Å². The summed E-state index contributed by atoms with van der Waals surface area (Å²) >= 11 is 0. The van der Waals surface area contributed by atoms with Gasteiger partial charge < -0.3 is 4.74 Å². The first kappa shape index (κ1) is 14.6. The van der Waals surface area contributed by atoms with Gasteiger partial charge in [-0.25, -0.2) is 0 Å². The minimum atomic E-state index is -0.797. The molecule has 1 rings (SSSR count). The topological polar surface area (TPSA) is 75.7 Å². The van der Waals surface area contributed by atoms with Crippen LogP contribution in [0.4, 0.5) is 0 Å². The van der Waals surface area contributed by atoms with Crippen molar-refractivity contribution >= 4 is 17.8 Å². The molecule has 1 saturated heterocycles. The van der Waals surface area contributed by atoms with Crippen molar-refractivity contribution in [3.63, 3.8) is 0 Å². The van der Waals surface area contributed by atoms with E-state index in [0.29, 0.717) is 13.2 Å². The minimum Gasteiger partial charge on any atom is -0.466 e. The molecule has 6 heteroatoms. The lowest BCUT2D eigenvalue weighted by Crippen LogP contribution is -2.64.